The van der Waals surface area contributed by atoms with E-state index >= 15 is 0 Å². The number of carboxylic acids is 2. The number of nitrogens with one attached hydrogen (secondary N) is 1. The van der Waals surface area contributed by atoms with Crippen molar-refractivity contribution in [3.8, 4) is 0 Å². The van der Waals surface area contributed by atoms with Crippen molar-refractivity contribution in [2.45, 2.75) is 328 Å². The number of ether oxygens (including phenoxy) is 5. The van der Waals surface area contributed by atoms with E-state index in [4.69, 9.17) is 52.3 Å². The number of carbonyl (C=O) groups is 7. The van der Waals surface area contributed by atoms with E-state index in [2.05, 4.69) is 5.32 Å². The molecule has 5 fully saturated rings. The van der Waals surface area contributed by atoms with Crippen LogP contribution in [-0.4, -0.2) is 212 Å². The van der Waals surface area contributed by atoms with Crippen LogP contribution < -0.4 is 5.32 Å². The number of nitrogens with zero attached hydrogens (tertiary/aromatic N) is 4. The van der Waals surface area contributed by atoms with Crippen molar-refractivity contribution in [3.63, 3.8) is 0 Å². The average Bonchev–Trinajstić information content (AvgIpc) is 1.60. The van der Waals surface area contributed by atoms with Crippen molar-refractivity contribution in [1.82, 2.24) is 24.9 Å². The van der Waals surface area contributed by atoms with E-state index in [1.54, 1.807) is 97.2 Å². The summed E-state index contributed by atoms with van der Waals surface area (Å²) in [6, 6.07) is 8.67. The Kier molecular flexibility index (Phi) is 29.2. The summed E-state index contributed by atoms with van der Waals surface area (Å²) in [5.41, 5.74) is -7.35. The number of unbranched alkanes of at least 4 members (excludes halogenated alkanes) is 3. The fourth-order valence-electron chi connectivity index (χ4n) is 12.8. The number of esters is 1. The molecule has 0 bridgehead atoms. The minimum atomic E-state index is -1.51. The van der Waals surface area contributed by atoms with Gasteiger partial charge in [-0.1, -0.05) is 68.9 Å². The first-order chi connectivity index (χ1) is 44.8. The molecular weight excluding hydrogens is 1260 g/mol. The third-order valence-electron chi connectivity index (χ3n) is 19.6. The molecular formula is C70H122B3N5O20. The second kappa shape index (κ2) is 33.6. The molecule has 1 aliphatic carbocycles. The van der Waals surface area contributed by atoms with Gasteiger partial charge < -0.3 is 77.7 Å². The number of aliphatic carboxylic acids is 2. The first-order valence-corrected chi connectivity index (χ1v) is 35.1. The largest absolute Gasteiger partial charge is 0.481 e. The van der Waals surface area contributed by atoms with Gasteiger partial charge in [0.1, 0.15) is 40.1 Å². The molecule has 4 heterocycles. The summed E-state index contributed by atoms with van der Waals surface area (Å²) in [6.07, 6.45) is 6.73. The van der Waals surface area contributed by atoms with Crippen LogP contribution in [-0.2, 0) is 63.3 Å². The summed E-state index contributed by atoms with van der Waals surface area (Å²) in [4.78, 5) is 96.6. The normalized spacial score (nSPS) is 24.7. The van der Waals surface area contributed by atoms with Gasteiger partial charge >= 0.3 is 63.6 Å². The first-order valence-electron chi connectivity index (χ1n) is 35.1. The van der Waals surface area contributed by atoms with Gasteiger partial charge in [0.15, 0.2) is 0 Å². The molecule has 1 saturated carbocycles. The van der Waals surface area contributed by atoms with Gasteiger partial charge in [0.2, 0.25) is 0 Å². The van der Waals surface area contributed by atoms with Crippen molar-refractivity contribution >= 4 is 63.6 Å². The van der Waals surface area contributed by atoms with E-state index < -0.39 is 123 Å². The van der Waals surface area contributed by atoms with Crippen molar-refractivity contribution in [3.05, 3.63) is 35.9 Å². The summed E-state index contributed by atoms with van der Waals surface area (Å²) in [5.74, 6) is -2.35. The molecule has 0 spiro atoms. The highest BCUT2D eigenvalue weighted by atomic mass is 16.7. The van der Waals surface area contributed by atoms with Gasteiger partial charge in [0.25, 0.3) is 0 Å². The Morgan fingerprint density at radius 2 is 0.949 bits per heavy atom. The van der Waals surface area contributed by atoms with Crippen LogP contribution in [0.2, 0.25) is 19.0 Å². The number of benzene rings is 1. The number of likely N-dealkylation sites (N-methyl/N-ethyl adjacent to an activating group) is 2. The molecule has 556 valence electrons. The molecule has 0 aromatic heterocycles. The Labute approximate surface area is 585 Å². The van der Waals surface area contributed by atoms with Crippen LogP contribution in [0, 0.1) is 5.41 Å². The lowest BCUT2D eigenvalue weighted by molar-refractivity contribution is -0.158. The Bertz CT molecular complexity index is 2790. The van der Waals surface area contributed by atoms with Gasteiger partial charge in [-0.05, 0) is 209 Å². The molecule has 5 N–H and O–H groups in total. The zero-order valence-electron chi connectivity index (χ0n) is 63.6. The van der Waals surface area contributed by atoms with Crippen molar-refractivity contribution in [2.24, 2.45) is 5.41 Å². The maximum atomic E-state index is 14.2. The smallest absolute Gasteiger partial charge is 0.457 e. The molecule has 4 amide bonds. The van der Waals surface area contributed by atoms with Gasteiger partial charge in [0.05, 0.1) is 39.9 Å². The van der Waals surface area contributed by atoms with Crippen molar-refractivity contribution in [1.29, 1.82) is 0 Å². The highest BCUT2D eigenvalue weighted by Gasteiger charge is 2.59. The zero-order valence-corrected chi connectivity index (χ0v) is 63.6. The number of amides is 4. The summed E-state index contributed by atoms with van der Waals surface area (Å²) < 4.78 is 52.8. The number of rotatable bonds is 23. The molecule has 1 aromatic carbocycles. The van der Waals surface area contributed by atoms with E-state index in [0.717, 1.165) is 24.8 Å². The van der Waals surface area contributed by atoms with E-state index in [1.807, 2.05) is 92.8 Å². The fraction of sp³-hybridized carbons (Fsp3) is 0.814. The first kappa shape index (κ1) is 85.0. The molecule has 5 aliphatic rings. The van der Waals surface area contributed by atoms with Crippen LogP contribution in [0.15, 0.2) is 30.3 Å². The van der Waals surface area contributed by atoms with Crippen LogP contribution in [0.1, 0.15) is 234 Å². The third kappa shape index (κ3) is 23.9. The van der Waals surface area contributed by atoms with E-state index in [9.17, 15) is 43.8 Å². The highest BCUT2D eigenvalue weighted by Crippen LogP contribution is 2.45. The second-order valence-electron chi connectivity index (χ2n) is 33.4. The molecule has 0 radical (unpaired) electrons. The van der Waals surface area contributed by atoms with Crippen molar-refractivity contribution < 1.29 is 96.1 Å². The molecule has 0 unspecified atom stereocenters. The monoisotopic (exact) mass is 1390 g/mol. The summed E-state index contributed by atoms with van der Waals surface area (Å²) >= 11 is 0. The number of hydrogen-bond acceptors (Lipinski definition) is 19. The topological polar surface area (TPSA) is 308 Å². The Morgan fingerprint density at radius 3 is 1.32 bits per heavy atom. The Hall–Kier alpha value is -5.38. The lowest BCUT2D eigenvalue weighted by Crippen LogP contribution is -2.55. The van der Waals surface area contributed by atoms with Crippen LogP contribution in [0.5, 0.6) is 0 Å². The molecule has 28 heteroatoms. The average molecular weight is 1390 g/mol. The van der Waals surface area contributed by atoms with Crippen LogP contribution in [0.3, 0.4) is 0 Å². The minimum absolute atomic E-state index is 0.0359. The fourth-order valence-corrected chi connectivity index (χ4v) is 12.8. The zero-order chi connectivity index (χ0) is 74.6. The van der Waals surface area contributed by atoms with E-state index in [1.165, 1.54) is 19.6 Å². The number of likely N-dealkylation sites (tertiary alicyclic amines) is 2. The number of hydrogen-bond donors (Lipinski definition) is 5. The highest BCUT2D eigenvalue weighted by molar-refractivity contribution is 6.45. The SMILES string of the molecule is CN(C(=O)OC(C)(C)C)[C@H]1CN(C(=O)OC(C)(C)C)[C@](CCCCB2OC(C)(C)C(C)(C)O2)(C(=O)O)C1.CN(C(=O)OC(C)(C)C)[C@H]1CN(C(=O)OC(C)(C)C)[C@](CCCCB2OC(C)(C)C(C)(C)O2)(C(=O)OCc2ccccc2)C1.CN[C@H]1CC[C@](CCCCB(O)O)(C(=O)O)C1. The number of carboxylic acid groups (broad SMARTS) is 2. The quantitative estimate of drug-likeness (QED) is 0.0294. The summed E-state index contributed by atoms with van der Waals surface area (Å²) in [7, 11) is 3.06. The Morgan fingerprint density at radius 1 is 0.561 bits per heavy atom. The van der Waals surface area contributed by atoms with Crippen molar-refractivity contribution in [2.75, 3.05) is 34.2 Å². The molecule has 4 saturated heterocycles. The summed E-state index contributed by atoms with van der Waals surface area (Å²) in [6.45, 7) is 37.5. The molecule has 25 nitrogen and oxygen atoms in total. The maximum Gasteiger partial charge on any atom is 0.457 e. The van der Waals surface area contributed by atoms with E-state index in [-0.39, 0.29) is 53.2 Å². The number of carbonyl (C=O) groups excluding carboxylic acids is 5. The molecule has 1 aromatic rings. The van der Waals surface area contributed by atoms with Gasteiger partial charge in [-0.25, -0.2) is 28.8 Å². The van der Waals surface area contributed by atoms with Crippen LogP contribution in [0.4, 0.5) is 19.2 Å². The minimum Gasteiger partial charge on any atom is -0.481 e. The van der Waals surface area contributed by atoms with E-state index in [0.29, 0.717) is 76.4 Å². The molecule has 6 rings (SSSR count). The second-order valence-corrected chi connectivity index (χ2v) is 33.4. The summed E-state index contributed by atoms with van der Waals surface area (Å²) in [5, 5.41) is 40.4. The van der Waals surface area contributed by atoms with Crippen LogP contribution >= 0.6 is 0 Å². The van der Waals surface area contributed by atoms with Gasteiger partial charge in [0, 0.05) is 46.1 Å². The molecule has 4 aliphatic heterocycles. The molecule has 6 atom stereocenters. The third-order valence-corrected chi connectivity index (χ3v) is 19.6. The predicted octanol–water partition coefficient (Wildman–Crippen LogP) is 12.0. The predicted molar refractivity (Wildman–Crippen MR) is 375 cm³/mol. The standard InChI is InChI=1S/C33H53BN2O8.C26H47BN2O8.C11H22BNO4/c1-29(2,3)41-27(38)35(11)25-21-33(36(22-25)28(39)42-30(4,5)6,26(37)40-23-24-17-13-12-14-18-24)19-15-16-20-34-43-31(7,8)32(9,10)44-34;1-22(2,3)34-20(32)28(11)18-16-26(19(30)31,29(17-18)21(33)35-23(4,5)6)14-12-13-15-27-36-24(7,8)25(9,10)37-27;1-13-9-4-6-11(8-9,10(14)15)5-2-3-7-12(16)17/h12-14,17-18,25H,15-16,19-23H2,1-11H3;18H,12-17H2,1-11H3,(H,30,31);9,13,16-17H,2-8H2,1H3,(H,14,15)/t25-,33+;18-,26+;9-,11-/m110/s1. The van der Waals surface area contributed by atoms with Gasteiger partial charge in [-0.15, -0.1) is 0 Å². The maximum absolute atomic E-state index is 14.2. The van der Waals surface area contributed by atoms with Crippen LogP contribution in [0.25, 0.3) is 0 Å². The lowest BCUT2D eigenvalue weighted by atomic mass is 9.78. The molecule has 98 heavy (non-hydrogen) atoms. The Balaban J connectivity index is 0.000000340. The lowest BCUT2D eigenvalue weighted by Gasteiger charge is -2.37. The van der Waals surface area contributed by atoms with Gasteiger partial charge in [-0.3, -0.25) is 14.6 Å². The van der Waals surface area contributed by atoms with Gasteiger partial charge in [-0.2, -0.15) is 0 Å².